The van der Waals surface area contributed by atoms with Crippen LogP contribution in [0.5, 0.6) is 0 Å². The van der Waals surface area contributed by atoms with Gasteiger partial charge in [0, 0.05) is 0 Å². The van der Waals surface area contributed by atoms with Gasteiger partial charge in [-0.25, -0.2) is 12.8 Å². The van der Waals surface area contributed by atoms with E-state index >= 15 is 0 Å². The number of rotatable bonds is 6. The maximum atomic E-state index is 13.3. The molecule has 0 spiro atoms. The highest BCUT2D eigenvalue weighted by atomic mass is 32.2. The number of hydrogen-bond donors (Lipinski definition) is 1. The summed E-state index contributed by atoms with van der Waals surface area (Å²) < 4.78 is 36.8. The fourth-order valence-electron chi connectivity index (χ4n) is 1.42. The summed E-state index contributed by atoms with van der Waals surface area (Å²) in [4.78, 5) is -0.206. The lowest BCUT2D eigenvalue weighted by molar-refractivity contribution is 0.563. The van der Waals surface area contributed by atoms with Gasteiger partial charge < -0.3 is 5.73 Å². The van der Waals surface area contributed by atoms with Gasteiger partial charge in [-0.2, -0.15) is 0 Å². The standard InChI is InChI=1S/C11H16FNO2S/c12-10-6-2-3-7-11(10)16(14,15)9-5-1-4-8-13/h2-3,6-7H,1,4-5,8-9,13H2. The maximum Gasteiger partial charge on any atom is 0.181 e. The van der Waals surface area contributed by atoms with E-state index < -0.39 is 15.7 Å². The first-order chi connectivity index (χ1) is 7.58. The zero-order valence-corrected chi connectivity index (χ0v) is 9.84. The van der Waals surface area contributed by atoms with Gasteiger partial charge in [-0.15, -0.1) is 0 Å². The molecule has 0 saturated carbocycles. The Morgan fingerprint density at radius 2 is 1.81 bits per heavy atom. The first kappa shape index (κ1) is 13.1. The molecule has 0 aliphatic rings. The van der Waals surface area contributed by atoms with E-state index in [0.717, 1.165) is 18.9 Å². The maximum absolute atomic E-state index is 13.3. The molecule has 16 heavy (non-hydrogen) atoms. The summed E-state index contributed by atoms with van der Waals surface area (Å²) in [5.74, 6) is -0.699. The summed E-state index contributed by atoms with van der Waals surface area (Å²) in [6.45, 7) is 0.555. The number of hydrogen-bond acceptors (Lipinski definition) is 3. The Morgan fingerprint density at radius 3 is 2.44 bits per heavy atom. The van der Waals surface area contributed by atoms with E-state index in [1.807, 2.05) is 0 Å². The van der Waals surface area contributed by atoms with Crippen molar-refractivity contribution < 1.29 is 12.8 Å². The van der Waals surface area contributed by atoms with Crippen molar-refractivity contribution in [3.63, 3.8) is 0 Å². The normalized spacial score (nSPS) is 11.6. The summed E-state index contributed by atoms with van der Waals surface area (Å²) in [5.41, 5.74) is 5.30. The summed E-state index contributed by atoms with van der Waals surface area (Å²) in [6.07, 6.45) is 2.07. The van der Waals surface area contributed by atoms with E-state index in [0.29, 0.717) is 13.0 Å². The summed E-state index contributed by atoms with van der Waals surface area (Å²) >= 11 is 0. The molecule has 0 aliphatic heterocycles. The minimum atomic E-state index is -3.49. The molecule has 0 radical (unpaired) electrons. The van der Waals surface area contributed by atoms with Gasteiger partial charge in [0.05, 0.1) is 5.75 Å². The van der Waals surface area contributed by atoms with E-state index in [4.69, 9.17) is 5.73 Å². The van der Waals surface area contributed by atoms with Gasteiger partial charge in [0.2, 0.25) is 0 Å². The van der Waals surface area contributed by atoms with Crippen LogP contribution in [0.15, 0.2) is 29.2 Å². The monoisotopic (exact) mass is 245 g/mol. The lowest BCUT2D eigenvalue weighted by Gasteiger charge is -2.04. The van der Waals surface area contributed by atoms with E-state index in [9.17, 15) is 12.8 Å². The van der Waals surface area contributed by atoms with Gasteiger partial charge in [0.1, 0.15) is 10.7 Å². The van der Waals surface area contributed by atoms with E-state index in [1.165, 1.54) is 18.2 Å². The predicted molar refractivity (Wildman–Crippen MR) is 61.4 cm³/mol. The van der Waals surface area contributed by atoms with Crippen molar-refractivity contribution in [2.24, 2.45) is 5.73 Å². The number of unbranched alkanes of at least 4 members (excludes halogenated alkanes) is 2. The lowest BCUT2D eigenvalue weighted by atomic mass is 10.2. The highest BCUT2D eigenvalue weighted by molar-refractivity contribution is 7.91. The van der Waals surface area contributed by atoms with Crippen LogP contribution >= 0.6 is 0 Å². The SMILES string of the molecule is NCCCCCS(=O)(=O)c1ccccc1F. The molecule has 1 aromatic carbocycles. The molecular weight excluding hydrogens is 229 g/mol. The summed E-state index contributed by atoms with van der Waals surface area (Å²) in [5, 5.41) is 0. The molecule has 0 saturated heterocycles. The average Bonchev–Trinajstić information content (AvgIpc) is 2.25. The fourth-order valence-corrected chi connectivity index (χ4v) is 2.88. The van der Waals surface area contributed by atoms with Crippen LogP contribution in [0, 0.1) is 5.82 Å². The van der Waals surface area contributed by atoms with Gasteiger partial charge in [-0.3, -0.25) is 0 Å². The van der Waals surface area contributed by atoms with E-state index in [1.54, 1.807) is 0 Å². The molecule has 0 atom stereocenters. The molecule has 1 aromatic rings. The summed E-state index contributed by atoms with van der Waals surface area (Å²) in [6, 6.07) is 5.46. The topological polar surface area (TPSA) is 60.2 Å². The highest BCUT2D eigenvalue weighted by Gasteiger charge is 2.17. The van der Waals surface area contributed by atoms with Crippen LogP contribution in [0.25, 0.3) is 0 Å². The van der Waals surface area contributed by atoms with Gasteiger partial charge >= 0.3 is 0 Å². The second-order valence-corrected chi connectivity index (χ2v) is 5.68. The first-order valence-corrected chi connectivity index (χ1v) is 6.90. The quantitative estimate of drug-likeness (QED) is 0.776. The van der Waals surface area contributed by atoms with Crippen molar-refractivity contribution in [3.05, 3.63) is 30.1 Å². The second kappa shape index (κ2) is 5.96. The largest absolute Gasteiger partial charge is 0.330 e. The molecule has 0 aliphatic carbocycles. The summed E-state index contributed by atoms with van der Waals surface area (Å²) in [7, 11) is -3.49. The van der Waals surface area contributed by atoms with Gasteiger partial charge in [0.15, 0.2) is 9.84 Å². The van der Waals surface area contributed by atoms with Gasteiger partial charge in [-0.1, -0.05) is 18.6 Å². The average molecular weight is 245 g/mol. The molecule has 0 heterocycles. The second-order valence-electron chi connectivity index (χ2n) is 3.60. The van der Waals surface area contributed by atoms with Crippen molar-refractivity contribution in [2.75, 3.05) is 12.3 Å². The number of sulfone groups is 1. The molecule has 3 nitrogen and oxygen atoms in total. The van der Waals surface area contributed by atoms with Gasteiger partial charge in [0.25, 0.3) is 0 Å². The molecule has 0 aromatic heterocycles. The number of benzene rings is 1. The third-order valence-electron chi connectivity index (χ3n) is 2.29. The Labute approximate surface area is 95.4 Å². The molecular formula is C11H16FNO2S. The van der Waals surface area contributed by atoms with Crippen molar-refractivity contribution in [1.29, 1.82) is 0 Å². The predicted octanol–water partition coefficient (Wildman–Crippen LogP) is 1.73. The molecule has 1 rings (SSSR count). The Hall–Kier alpha value is -0.940. The van der Waals surface area contributed by atoms with Crippen molar-refractivity contribution in [2.45, 2.75) is 24.2 Å². The Morgan fingerprint density at radius 1 is 1.12 bits per heavy atom. The van der Waals surface area contributed by atoms with Crippen LogP contribution in [-0.4, -0.2) is 20.7 Å². The molecule has 90 valence electrons. The fraction of sp³-hybridized carbons (Fsp3) is 0.455. The Kier molecular flexibility index (Phi) is 4.89. The first-order valence-electron chi connectivity index (χ1n) is 5.25. The minimum absolute atomic E-state index is 0.0199. The van der Waals surface area contributed by atoms with Crippen LogP contribution in [0.3, 0.4) is 0 Å². The van der Waals surface area contributed by atoms with Crippen molar-refractivity contribution in [1.82, 2.24) is 0 Å². The zero-order valence-electron chi connectivity index (χ0n) is 9.02. The molecule has 0 amide bonds. The number of nitrogens with two attached hydrogens (primary N) is 1. The van der Waals surface area contributed by atoms with Crippen LogP contribution in [-0.2, 0) is 9.84 Å². The Balaban J connectivity index is 2.68. The molecule has 0 fully saturated rings. The number of halogens is 1. The molecule has 0 bridgehead atoms. The van der Waals surface area contributed by atoms with Crippen LogP contribution in [0.4, 0.5) is 4.39 Å². The van der Waals surface area contributed by atoms with Crippen molar-refractivity contribution in [3.8, 4) is 0 Å². The molecule has 0 unspecified atom stereocenters. The molecule has 2 N–H and O–H groups in total. The Bertz CT molecular complexity index is 431. The van der Waals surface area contributed by atoms with Crippen LogP contribution < -0.4 is 5.73 Å². The van der Waals surface area contributed by atoms with E-state index in [2.05, 4.69) is 0 Å². The van der Waals surface area contributed by atoms with E-state index in [-0.39, 0.29) is 10.6 Å². The van der Waals surface area contributed by atoms with Gasteiger partial charge in [-0.05, 0) is 31.5 Å². The third-order valence-corrected chi connectivity index (χ3v) is 4.12. The zero-order chi connectivity index (χ0) is 12.0. The van der Waals surface area contributed by atoms with Crippen molar-refractivity contribution >= 4 is 9.84 Å². The molecule has 5 heteroatoms. The highest BCUT2D eigenvalue weighted by Crippen LogP contribution is 2.16. The smallest absolute Gasteiger partial charge is 0.181 e. The lowest BCUT2D eigenvalue weighted by Crippen LogP contribution is -2.09. The van der Waals surface area contributed by atoms with Crippen LogP contribution in [0.2, 0.25) is 0 Å². The third kappa shape index (κ3) is 3.57. The van der Waals surface area contributed by atoms with Crippen LogP contribution in [0.1, 0.15) is 19.3 Å². The minimum Gasteiger partial charge on any atom is -0.330 e.